The highest BCUT2D eigenvalue weighted by Crippen LogP contribution is 2.33. The first-order chi connectivity index (χ1) is 16.2. The van der Waals surface area contributed by atoms with E-state index in [1.807, 2.05) is 19.2 Å². The third kappa shape index (κ3) is 5.17. The normalized spacial score (nSPS) is 19.3. The second-order valence-corrected chi connectivity index (χ2v) is 9.33. The molecule has 0 radical (unpaired) electrons. The molecule has 0 N–H and O–H groups in total. The summed E-state index contributed by atoms with van der Waals surface area (Å²) < 4.78 is 21.7. The lowest BCUT2D eigenvalue weighted by molar-refractivity contribution is 0.115. The number of hydrogen-bond donors (Lipinski definition) is 0. The van der Waals surface area contributed by atoms with Crippen LogP contribution in [0.1, 0.15) is 44.2 Å². The predicted molar refractivity (Wildman–Crippen MR) is 126 cm³/mol. The monoisotopic (exact) mass is 452 g/mol. The smallest absolute Gasteiger partial charge is 0.297 e. The van der Waals surface area contributed by atoms with Crippen LogP contribution in [0.4, 0.5) is 4.39 Å². The van der Waals surface area contributed by atoms with Crippen molar-refractivity contribution in [3.05, 3.63) is 48.0 Å². The Hall–Kier alpha value is -2.58. The zero-order valence-corrected chi connectivity index (χ0v) is 19.4. The second-order valence-electron chi connectivity index (χ2n) is 9.33. The number of halogens is 1. The van der Waals surface area contributed by atoms with Crippen molar-refractivity contribution in [2.75, 3.05) is 39.3 Å². The zero-order chi connectivity index (χ0) is 22.6. The summed E-state index contributed by atoms with van der Waals surface area (Å²) in [6.45, 7) is 9.15. The van der Waals surface area contributed by atoms with Gasteiger partial charge in [-0.3, -0.25) is 9.47 Å². The molecule has 2 aromatic heterocycles. The fraction of sp³-hybridized carbons (Fsp3) is 0.560. The molecule has 0 amide bonds. The van der Waals surface area contributed by atoms with Gasteiger partial charge in [-0.15, -0.1) is 0 Å². The van der Waals surface area contributed by atoms with Crippen LogP contribution in [0, 0.1) is 11.7 Å². The lowest BCUT2D eigenvalue weighted by Gasteiger charge is -2.38. The number of ether oxygens (including phenoxy) is 1. The lowest BCUT2D eigenvalue weighted by atomic mass is 9.94. The number of imidazole rings is 1. The molecule has 4 heterocycles. The van der Waals surface area contributed by atoms with Gasteiger partial charge in [-0.05, 0) is 75.4 Å². The fourth-order valence-corrected chi connectivity index (χ4v) is 5.36. The Balaban J connectivity index is 1.14. The first-order valence-corrected chi connectivity index (χ1v) is 12.2. The number of likely N-dealkylation sites (tertiary alicyclic amines) is 2. The molecule has 0 saturated carbocycles. The van der Waals surface area contributed by atoms with Gasteiger partial charge in [0, 0.05) is 44.5 Å². The summed E-state index contributed by atoms with van der Waals surface area (Å²) in [6, 6.07) is 7.87. The number of nitrogens with zero attached hydrogens (tertiary/aromatic N) is 6. The SMILES string of the molecule is CCOc1nc2cc(F)ccc2n1C1CCN(CC2CCN(Cc3ccnnc3)CC2)CC1. The Labute approximate surface area is 194 Å². The molecule has 7 nitrogen and oxygen atoms in total. The van der Waals surface area contributed by atoms with E-state index in [0.717, 1.165) is 57.0 Å². The number of fused-ring (bicyclic) bond motifs is 1. The third-order valence-corrected chi connectivity index (χ3v) is 7.09. The molecule has 176 valence electrons. The molecular formula is C25H33FN6O. The van der Waals surface area contributed by atoms with Gasteiger partial charge in [-0.2, -0.15) is 15.2 Å². The van der Waals surface area contributed by atoms with E-state index >= 15 is 0 Å². The topological polar surface area (TPSA) is 59.3 Å². The van der Waals surface area contributed by atoms with Gasteiger partial charge in [-0.1, -0.05) is 0 Å². The van der Waals surface area contributed by atoms with Gasteiger partial charge >= 0.3 is 0 Å². The Morgan fingerprint density at radius 1 is 1.00 bits per heavy atom. The Morgan fingerprint density at radius 3 is 2.52 bits per heavy atom. The Morgan fingerprint density at radius 2 is 1.79 bits per heavy atom. The molecule has 3 aromatic rings. The number of piperidine rings is 2. The minimum Gasteiger partial charge on any atom is -0.465 e. The van der Waals surface area contributed by atoms with Crippen LogP contribution < -0.4 is 4.74 Å². The number of hydrogen-bond acceptors (Lipinski definition) is 6. The number of aromatic nitrogens is 4. The molecule has 2 aliphatic rings. The van der Waals surface area contributed by atoms with Crippen LogP contribution in [0.2, 0.25) is 0 Å². The molecule has 2 aliphatic heterocycles. The van der Waals surface area contributed by atoms with E-state index in [4.69, 9.17) is 4.74 Å². The first kappa shape index (κ1) is 22.2. The highest BCUT2D eigenvalue weighted by molar-refractivity contribution is 5.77. The van der Waals surface area contributed by atoms with E-state index in [9.17, 15) is 4.39 Å². The van der Waals surface area contributed by atoms with E-state index in [2.05, 4.69) is 35.6 Å². The Kier molecular flexibility index (Phi) is 6.83. The zero-order valence-electron chi connectivity index (χ0n) is 19.4. The molecule has 2 fully saturated rings. The Bertz CT molecular complexity index is 1040. The van der Waals surface area contributed by atoms with Gasteiger partial charge in [0.1, 0.15) is 5.82 Å². The molecule has 8 heteroatoms. The van der Waals surface area contributed by atoms with Crippen molar-refractivity contribution in [1.82, 2.24) is 29.5 Å². The van der Waals surface area contributed by atoms with Crippen molar-refractivity contribution < 1.29 is 9.13 Å². The summed E-state index contributed by atoms with van der Waals surface area (Å²) in [4.78, 5) is 9.72. The van der Waals surface area contributed by atoms with Crippen LogP contribution in [0.5, 0.6) is 6.01 Å². The molecule has 0 aliphatic carbocycles. The van der Waals surface area contributed by atoms with E-state index in [-0.39, 0.29) is 5.82 Å². The van der Waals surface area contributed by atoms with Crippen LogP contribution >= 0.6 is 0 Å². The lowest BCUT2D eigenvalue weighted by Crippen LogP contribution is -2.41. The van der Waals surface area contributed by atoms with Gasteiger partial charge < -0.3 is 9.64 Å². The molecule has 2 saturated heterocycles. The van der Waals surface area contributed by atoms with Crippen molar-refractivity contribution in [2.24, 2.45) is 5.92 Å². The van der Waals surface area contributed by atoms with Crippen molar-refractivity contribution in [3.63, 3.8) is 0 Å². The minimum absolute atomic E-state index is 0.256. The molecule has 33 heavy (non-hydrogen) atoms. The summed E-state index contributed by atoms with van der Waals surface area (Å²) in [5, 5.41) is 7.86. The van der Waals surface area contributed by atoms with Gasteiger partial charge in [0.2, 0.25) is 0 Å². The van der Waals surface area contributed by atoms with Crippen LogP contribution in [-0.4, -0.2) is 68.9 Å². The molecule has 0 spiro atoms. The number of benzene rings is 1. The average molecular weight is 453 g/mol. The van der Waals surface area contributed by atoms with Gasteiger partial charge in [-0.25, -0.2) is 4.39 Å². The van der Waals surface area contributed by atoms with Gasteiger partial charge in [0.05, 0.1) is 23.8 Å². The van der Waals surface area contributed by atoms with Crippen LogP contribution in [0.15, 0.2) is 36.7 Å². The molecular weight excluding hydrogens is 419 g/mol. The van der Waals surface area contributed by atoms with Crippen LogP contribution in [-0.2, 0) is 6.54 Å². The van der Waals surface area contributed by atoms with Crippen molar-refractivity contribution in [2.45, 2.75) is 45.2 Å². The summed E-state index contributed by atoms with van der Waals surface area (Å²) in [6.07, 6.45) is 8.28. The summed E-state index contributed by atoms with van der Waals surface area (Å²) in [7, 11) is 0. The summed E-state index contributed by atoms with van der Waals surface area (Å²) in [5.41, 5.74) is 2.89. The van der Waals surface area contributed by atoms with Crippen molar-refractivity contribution in [1.29, 1.82) is 0 Å². The van der Waals surface area contributed by atoms with E-state index in [1.165, 1.54) is 37.1 Å². The van der Waals surface area contributed by atoms with Gasteiger partial charge in [0.25, 0.3) is 6.01 Å². The number of rotatable bonds is 7. The molecule has 0 atom stereocenters. The van der Waals surface area contributed by atoms with E-state index in [1.54, 1.807) is 6.20 Å². The maximum absolute atomic E-state index is 13.7. The predicted octanol–water partition coefficient (Wildman–Crippen LogP) is 3.91. The molecule has 5 rings (SSSR count). The van der Waals surface area contributed by atoms with Crippen molar-refractivity contribution >= 4 is 11.0 Å². The standard InChI is InChI=1S/C25H33FN6O/c1-2-33-25-29-23-15-21(26)3-4-24(23)32(25)22-8-13-31(14-9-22)17-19-6-11-30(12-7-19)18-20-5-10-27-28-16-20/h3-5,10,15-16,19,22H,2,6-9,11-14,17-18H2,1H3. The second kappa shape index (κ2) is 10.1. The summed E-state index contributed by atoms with van der Waals surface area (Å²) >= 11 is 0. The van der Waals surface area contributed by atoms with E-state index in [0.29, 0.717) is 24.2 Å². The minimum atomic E-state index is -0.256. The van der Waals surface area contributed by atoms with E-state index < -0.39 is 0 Å². The average Bonchev–Trinajstić information content (AvgIpc) is 3.19. The highest BCUT2D eigenvalue weighted by Gasteiger charge is 2.28. The maximum Gasteiger partial charge on any atom is 0.297 e. The largest absolute Gasteiger partial charge is 0.465 e. The van der Waals surface area contributed by atoms with Crippen LogP contribution in [0.25, 0.3) is 11.0 Å². The molecule has 1 aromatic carbocycles. The fourth-order valence-electron chi connectivity index (χ4n) is 5.36. The van der Waals surface area contributed by atoms with Crippen LogP contribution in [0.3, 0.4) is 0 Å². The third-order valence-electron chi connectivity index (χ3n) is 7.09. The quantitative estimate of drug-likeness (QED) is 0.542. The maximum atomic E-state index is 13.7. The highest BCUT2D eigenvalue weighted by atomic mass is 19.1. The van der Waals surface area contributed by atoms with Crippen molar-refractivity contribution in [3.8, 4) is 6.01 Å². The molecule has 0 unspecified atom stereocenters. The molecule has 0 bridgehead atoms. The summed E-state index contributed by atoms with van der Waals surface area (Å²) in [5.74, 6) is 0.512. The first-order valence-electron chi connectivity index (χ1n) is 12.2. The van der Waals surface area contributed by atoms with Gasteiger partial charge in [0.15, 0.2) is 0 Å².